The molecule has 2 aliphatic rings. The average Bonchev–Trinajstić information content (AvgIpc) is 3.14. The lowest BCUT2D eigenvalue weighted by molar-refractivity contribution is -0.137. The third-order valence-corrected chi connectivity index (χ3v) is 8.01. The minimum atomic E-state index is -4.44. The lowest BCUT2D eigenvalue weighted by atomic mass is 10.1. The van der Waals surface area contributed by atoms with Gasteiger partial charge in [-0.2, -0.15) is 17.5 Å². The normalized spacial score (nSPS) is 22.9. The fourth-order valence-corrected chi connectivity index (χ4v) is 6.40. The highest BCUT2D eigenvalue weighted by Gasteiger charge is 2.39. The summed E-state index contributed by atoms with van der Waals surface area (Å²) in [6.45, 7) is 4.34. The first-order chi connectivity index (χ1) is 14.1. The zero-order valence-corrected chi connectivity index (χ0v) is 17.7. The van der Waals surface area contributed by atoms with Gasteiger partial charge in [0.25, 0.3) is 0 Å². The van der Waals surface area contributed by atoms with Crippen LogP contribution < -0.4 is 4.90 Å². The molecule has 30 heavy (non-hydrogen) atoms. The number of anilines is 1. The number of pyridine rings is 1. The van der Waals surface area contributed by atoms with Gasteiger partial charge in [-0.25, -0.2) is 13.4 Å². The molecular formula is C21H24F3N3O2S. The number of piperazine rings is 1. The predicted molar refractivity (Wildman–Crippen MR) is 108 cm³/mol. The number of aryl methyl sites for hydroxylation is 2. The molecular weight excluding hydrogens is 415 g/mol. The van der Waals surface area contributed by atoms with Crippen molar-refractivity contribution < 1.29 is 21.6 Å². The molecule has 0 N–H and O–H groups in total. The zero-order chi connectivity index (χ0) is 21.7. The van der Waals surface area contributed by atoms with Crippen LogP contribution in [0.15, 0.2) is 41.4 Å². The Morgan fingerprint density at radius 2 is 1.67 bits per heavy atom. The Hall–Kier alpha value is -2.13. The van der Waals surface area contributed by atoms with E-state index in [9.17, 15) is 21.6 Å². The van der Waals surface area contributed by atoms with Gasteiger partial charge in [-0.15, -0.1) is 0 Å². The molecule has 1 aliphatic carbocycles. The SMILES string of the molecule is C[C@@H]1CN(c2ccc(C(F)(F)F)cn2)C[C@H](C)N1S(=O)(=O)c1ccc2c(c1)CCC2. The van der Waals surface area contributed by atoms with Crippen LogP contribution in [0.1, 0.15) is 37.0 Å². The number of nitrogens with zero attached hydrogens (tertiary/aromatic N) is 3. The molecule has 1 aliphatic heterocycles. The van der Waals surface area contributed by atoms with Crippen LogP contribution in [0.4, 0.5) is 19.0 Å². The second-order valence-electron chi connectivity index (χ2n) is 8.12. The summed E-state index contributed by atoms with van der Waals surface area (Å²) in [6, 6.07) is 7.03. The molecule has 1 aromatic carbocycles. The van der Waals surface area contributed by atoms with Crippen molar-refractivity contribution in [3.8, 4) is 0 Å². The Bertz CT molecular complexity index is 1030. The number of hydrogen-bond donors (Lipinski definition) is 0. The van der Waals surface area contributed by atoms with Crippen molar-refractivity contribution in [2.75, 3.05) is 18.0 Å². The second kappa shape index (κ2) is 7.53. The van der Waals surface area contributed by atoms with Gasteiger partial charge in [-0.3, -0.25) is 0 Å². The predicted octanol–water partition coefficient (Wildman–Crippen LogP) is 3.88. The molecule has 0 unspecified atom stereocenters. The molecule has 0 saturated carbocycles. The number of aromatic nitrogens is 1. The van der Waals surface area contributed by atoms with Crippen molar-refractivity contribution in [3.05, 3.63) is 53.2 Å². The molecule has 162 valence electrons. The Kier molecular flexibility index (Phi) is 5.30. The van der Waals surface area contributed by atoms with Crippen LogP contribution in [-0.4, -0.2) is 42.9 Å². The van der Waals surface area contributed by atoms with Crippen LogP contribution in [0.2, 0.25) is 0 Å². The van der Waals surface area contributed by atoms with Crippen LogP contribution in [0.5, 0.6) is 0 Å². The number of alkyl halides is 3. The van der Waals surface area contributed by atoms with Gasteiger partial charge in [-0.1, -0.05) is 6.07 Å². The van der Waals surface area contributed by atoms with E-state index in [1.165, 1.54) is 15.9 Å². The third-order valence-electron chi connectivity index (χ3n) is 5.88. The van der Waals surface area contributed by atoms with E-state index in [1.807, 2.05) is 24.8 Å². The van der Waals surface area contributed by atoms with Gasteiger partial charge in [0.2, 0.25) is 10.0 Å². The van der Waals surface area contributed by atoms with Crippen LogP contribution in [0.25, 0.3) is 0 Å². The molecule has 1 saturated heterocycles. The molecule has 2 atom stereocenters. The van der Waals surface area contributed by atoms with E-state index in [2.05, 4.69) is 4.98 Å². The maximum absolute atomic E-state index is 13.4. The van der Waals surface area contributed by atoms with Gasteiger partial charge in [-0.05, 0) is 68.5 Å². The third kappa shape index (κ3) is 3.80. The Labute approximate surface area is 174 Å². The van der Waals surface area contributed by atoms with Gasteiger partial charge in [0, 0.05) is 31.4 Å². The summed E-state index contributed by atoms with van der Waals surface area (Å²) in [5.41, 5.74) is 1.52. The quantitative estimate of drug-likeness (QED) is 0.729. The lowest BCUT2D eigenvalue weighted by Crippen LogP contribution is -2.58. The molecule has 4 rings (SSSR count). The van der Waals surface area contributed by atoms with Crippen LogP contribution in [-0.2, 0) is 29.0 Å². The molecule has 2 aromatic rings. The Morgan fingerprint density at radius 1 is 1.00 bits per heavy atom. The topological polar surface area (TPSA) is 53.5 Å². The standard InChI is InChI=1S/C21H24F3N3O2S/c1-14-12-26(20-9-7-18(11-25-20)21(22,23)24)13-15(2)27(14)30(28,29)19-8-6-16-4-3-5-17(16)10-19/h6-11,14-15H,3-5,12-13H2,1-2H3/t14-,15+. The maximum Gasteiger partial charge on any atom is 0.417 e. The molecule has 0 radical (unpaired) electrons. The fraction of sp³-hybridized carbons (Fsp3) is 0.476. The summed E-state index contributed by atoms with van der Waals surface area (Å²) >= 11 is 0. The van der Waals surface area contributed by atoms with E-state index in [4.69, 9.17) is 0 Å². The highest BCUT2D eigenvalue weighted by molar-refractivity contribution is 7.89. The average molecular weight is 440 g/mol. The molecule has 9 heteroatoms. The van der Waals surface area contributed by atoms with Crippen LogP contribution in [0, 0.1) is 0 Å². The number of rotatable bonds is 3. The van der Waals surface area contributed by atoms with Gasteiger partial charge in [0.05, 0.1) is 10.5 Å². The second-order valence-corrected chi connectivity index (χ2v) is 9.97. The summed E-state index contributed by atoms with van der Waals surface area (Å²) in [5, 5.41) is 0. The van der Waals surface area contributed by atoms with Gasteiger partial charge in [0.1, 0.15) is 5.82 Å². The highest BCUT2D eigenvalue weighted by Crippen LogP contribution is 2.32. The first-order valence-electron chi connectivity index (χ1n) is 10.0. The molecule has 2 heterocycles. The fourth-order valence-electron chi connectivity index (χ4n) is 4.54. The van der Waals surface area contributed by atoms with Gasteiger partial charge in [0.15, 0.2) is 0 Å². The number of hydrogen-bond acceptors (Lipinski definition) is 4. The molecule has 0 amide bonds. The van der Waals surface area contributed by atoms with E-state index in [0.29, 0.717) is 23.8 Å². The van der Waals surface area contributed by atoms with Crippen LogP contribution >= 0.6 is 0 Å². The van der Waals surface area contributed by atoms with E-state index in [0.717, 1.165) is 37.1 Å². The summed E-state index contributed by atoms with van der Waals surface area (Å²) in [6.07, 6.45) is -0.685. The molecule has 1 aromatic heterocycles. The van der Waals surface area contributed by atoms with Crippen molar-refractivity contribution in [3.63, 3.8) is 0 Å². The molecule has 5 nitrogen and oxygen atoms in total. The van der Waals surface area contributed by atoms with E-state index < -0.39 is 21.8 Å². The Morgan fingerprint density at radius 3 is 2.27 bits per heavy atom. The number of halogens is 3. The first kappa shape index (κ1) is 21.1. The summed E-state index contributed by atoms with van der Waals surface area (Å²) < 4.78 is 66.6. The molecule has 0 bridgehead atoms. The minimum absolute atomic E-state index is 0.308. The monoisotopic (exact) mass is 439 g/mol. The molecule has 1 fully saturated rings. The van der Waals surface area contributed by atoms with Crippen molar-refractivity contribution >= 4 is 15.8 Å². The van der Waals surface area contributed by atoms with E-state index >= 15 is 0 Å². The highest BCUT2D eigenvalue weighted by atomic mass is 32.2. The van der Waals surface area contributed by atoms with Gasteiger partial charge < -0.3 is 4.90 Å². The smallest absolute Gasteiger partial charge is 0.353 e. The lowest BCUT2D eigenvalue weighted by Gasteiger charge is -2.43. The van der Waals surface area contributed by atoms with E-state index in [1.54, 1.807) is 12.1 Å². The van der Waals surface area contributed by atoms with E-state index in [-0.39, 0.29) is 12.1 Å². The van der Waals surface area contributed by atoms with Crippen molar-refractivity contribution in [1.29, 1.82) is 0 Å². The number of sulfonamides is 1. The van der Waals surface area contributed by atoms with Gasteiger partial charge >= 0.3 is 6.18 Å². The Balaban J connectivity index is 1.55. The largest absolute Gasteiger partial charge is 0.417 e. The van der Waals surface area contributed by atoms with Crippen LogP contribution in [0.3, 0.4) is 0 Å². The number of fused-ring (bicyclic) bond motifs is 1. The maximum atomic E-state index is 13.4. The molecule has 0 spiro atoms. The van der Waals surface area contributed by atoms with Crippen molar-refractivity contribution in [2.45, 2.75) is 56.3 Å². The summed E-state index contributed by atoms with van der Waals surface area (Å²) in [4.78, 5) is 6.11. The number of benzene rings is 1. The minimum Gasteiger partial charge on any atom is -0.353 e. The first-order valence-corrected chi connectivity index (χ1v) is 11.4. The zero-order valence-electron chi connectivity index (χ0n) is 16.9. The van der Waals surface area contributed by atoms with Crippen molar-refractivity contribution in [1.82, 2.24) is 9.29 Å². The summed E-state index contributed by atoms with van der Waals surface area (Å²) in [7, 11) is -3.68. The van der Waals surface area contributed by atoms with Crippen molar-refractivity contribution in [2.24, 2.45) is 0 Å². The summed E-state index contributed by atoms with van der Waals surface area (Å²) in [5.74, 6) is 0.413.